The van der Waals surface area contributed by atoms with Crippen molar-refractivity contribution in [2.24, 2.45) is 0 Å². The summed E-state index contributed by atoms with van der Waals surface area (Å²) in [6.07, 6.45) is 0.772. The van der Waals surface area contributed by atoms with Gasteiger partial charge < -0.3 is 4.98 Å². The zero-order valence-electron chi connectivity index (χ0n) is 10.4. The van der Waals surface area contributed by atoms with Crippen LogP contribution in [0.25, 0.3) is 11.4 Å². The lowest BCUT2D eigenvalue weighted by molar-refractivity contribution is 0.954. The van der Waals surface area contributed by atoms with Crippen LogP contribution in [0.4, 0.5) is 0 Å². The number of rotatable bonds is 2. The van der Waals surface area contributed by atoms with Gasteiger partial charge in [0, 0.05) is 11.1 Å². The van der Waals surface area contributed by atoms with Crippen LogP contribution in [0, 0.1) is 13.8 Å². The van der Waals surface area contributed by atoms with Gasteiger partial charge in [-0.05, 0) is 25.8 Å². The molecule has 0 aliphatic heterocycles. The van der Waals surface area contributed by atoms with Crippen molar-refractivity contribution in [1.29, 1.82) is 0 Å². The lowest BCUT2D eigenvalue weighted by Crippen LogP contribution is -2.15. The summed E-state index contributed by atoms with van der Waals surface area (Å²) in [4.78, 5) is 19.2. The van der Waals surface area contributed by atoms with Gasteiger partial charge in [0.1, 0.15) is 5.82 Å². The Labute approximate surface area is 101 Å². The van der Waals surface area contributed by atoms with Gasteiger partial charge in [-0.1, -0.05) is 31.2 Å². The van der Waals surface area contributed by atoms with Crippen LogP contribution in [0.1, 0.15) is 23.7 Å². The molecule has 88 valence electrons. The highest BCUT2D eigenvalue weighted by Crippen LogP contribution is 2.18. The monoisotopic (exact) mass is 228 g/mol. The van der Waals surface area contributed by atoms with Crippen LogP contribution in [-0.2, 0) is 6.42 Å². The molecule has 0 bridgehead atoms. The second kappa shape index (κ2) is 4.53. The fourth-order valence-corrected chi connectivity index (χ4v) is 1.89. The Bertz CT molecular complexity index is 599. The molecule has 3 heteroatoms. The van der Waals surface area contributed by atoms with Crippen molar-refractivity contribution in [1.82, 2.24) is 9.97 Å². The average molecular weight is 228 g/mol. The number of aromatic nitrogens is 2. The summed E-state index contributed by atoms with van der Waals surface area (Å²) in [6, 6.07) is 7.92. The van der Waals surface area contributed by atoms with E-state index in [0.717, 1.165) is 23.2 Å². The van der Waals surface area contributed by atoms with E-state index in [4.69, 9.17) is 0 Å². The van der Waals surface area contributed by atoms with Gasteiger partial charge in [-0.2, -0.15) is 0 Å². The topological polar surface area (TPSA) is 45.8 Å². The molecule has 0 saturated carbocycles. The molecule has 1 aromatic heterocycles. The van der Waals surface area contributed by atoms with Crippen molar-refractivity contribution in [2.45, 2.75) is 27.2 Å². The molecule has 0 spiro atoms. The predicted octanol–water partition coefficient (Wildman–Crippen LogP) is 2.62. The maximum absolute atomic E-state index is 11.8. The number of H-pyrrole nitrogens is 1. The summed E-state index contributed by atoms with van der Waals surface area (Å²) in [5.74, 6) is 0.663. The van der Waals surface area contributed by atoms with E-state index < -0.39 is 0 Å². The second-order valence-electron chi connectivity index (χ2n) is 4.15. The summed E-state index contributed by atoms with van der Waals surface area (Å²) in [6.45, 7) is 5.84. The Balaban J connectivity index is 2.66. The van der Waals surface area contributed by atoms with E-state index in [1.54, 1.807) is 0 Å². The molecule has 2 aromatic rings. The highest BCUT2D eigenvalue weighted by Gasteiger charge is 2.08. The van der Waals surface area contributed by atoms with E-state index >= 15 is 0 Å². The lowest BCUT2D eigenvalue weighted by Gasteiger charge is -2.08. The zero-order valence-corrected chi connectivity index (χ0v) is 10.4. The van der Waals surface area contributed by atoms with Crippen molar-refractivity contribution >= 4 is 0 Å². The maximum atomic E-state index is 11.8. The molecule has 1 heterocycles. The van der Waals surface area contributed by atoms with E-state index in [-0.39, 0.29) is 5.56 Å². The molecule has 17 heavy (non-hydrogen) atoms. The Morgan fingerprint density at radius 2 is 1.94 bits per heavy atom. The van der Waals surface area contributed by atoms with E-state index in [2.05, 4.69) is 9.97 Å². The largest absolute Gasteiger partial charge is 0.306 e. The van der Waals surface area contributed by atoms with Gasteiger partial charge in [0.15, 0.2) is 0 Å². The molecule has 3 nitrogen and oxygen atoms in total. The maximum Gasteiger partial charge on any atom is 0.254 e. The van der Waals surface area contributed by atoms with Crippen molar-refractivity contribution < 1.29 is 0 Å². The van der Waals surface area contributed by atoms with Crippen molar-refractivity contribution in [2.75, 3.05) is 0 Å². The first-order chi connectivity index (χ1) is 8.13. The standard InChI is InChI=1S/C14H16N2O/c1-4-12-10(3)14(17)16-13(15-12)11-8-6-5-7-9(11)2/h5-8H,4H2,1-3H3,(H,15,16,17). The van der Waals surface area contributed by atoms with Crippen molar-refractivity contribution in [3.8, 4) is 11.4 Å². The molecule has 0 saturated heterocycles. The molecule has 0 unspecified atom stereocenters. The molecule has 1 aromatic carbocycles. The first-order valence-corrected chi connectivity index (χ1v) is 5.79. The van der Waals surface area contributed by atoms with Gasteiger partial charge in [-0.25, -0.2) is 4.98 Å². The van der Waals surface area contributed by atoms with E-state index in [1.807, 2.05) is 45.0 Å². The third-order valence-corrected chi connectivity index (χ3v) is 2.99. The summed E-state index contributed by atoms with van der Waals surface area (Å²) >= 11 is 0. The average Bonchev–Trinajstić information content (AvgIpc) is 2.33. The van der Waals surface area contributed by atoms with Crippen LogP contribution in [0.5, 0.6) is 0 Å². The number of hydrogen-bond acceptors (Lipinski definition) is 2. The zero-order chi connectivity index (χ0) is 12.4. The molecule has 0 aliphatic carbocycles. The quantitative estimate of drug-likeness (QED) is 0.858. The van der Waals surface area contributed by atoms with E-state index in [1.165, 1.54) is 0 Å². The fourth-order valence-electron chi connectivity index (χ4n) is 1.89. The molecular formula is C14H16N2O. The summed E-state index contributed by atoms with van der Waals surface area (Å²) < 4.78 is 0. The third kappa shape index (κ3) is 2.13. The van der Waals surface area contributed by atoms with Crippen LogP contribution >= 0.6 is 0 Å². The van der Waals surface area contributed by atoms with Gasteiger partial charge in [-0.3, -0.25) is 4.79 Å². The van der Waals surface area contributed by atoms with Gasteiger partial charge in [0.25, 0.3) is 5.56 Å². The van der Waals surface area contributed by atoms with Crippen LogP contribution in [-0.4, -0.2) is 9.97 Å². The van der Waals surface area contributed by atoms with Crippen molar-refractivity contribution in [3.05, 3.63) is 51.4 Å². The molecule has 0 aliphatic rings. The minimum Gasteiger partial charge on any atom is -0.306 e. The minimum atomic E-state index is -0.0462. The van der Waals surface area contributed by atoms with Gasteiger partial charge >= 0.3 is 0 Å². The number of aryl methyl sites for hydroxylation is 2. The van der Waals surface area contributed by atoms with Crippen LogP contribution in [0.15, 0.2) is 29.1 Å². The Kier molecular flexibility index (Phi) is 3.09. The van der Waals surface area contributed by atoms with Crippen LogP contribution in [0.2, 0.25) is 0 Å². The number of aromatic amines is 1. The second-order valence-corrected chi connectivity index (χ2v) is 4.15. The summed E-state index contributed by atoms with van der Waals surface area (Å²) in [5.41, 5.74) is 3.63. The Morgan fingerprint density at radius 1 is 1.24 bits per heavy atom. The molecule has 0 amide bonds. The fraction of sp³-hybridized carbons (Fsp3) is 0.286. The summed E-state index contributed by atoms with van der Waals surface area (Å²) in [5, 5.41) is 0. The van der Waals surface area contributed by atoms with Gasteiger partial charge in [-0.15, -0.1) is 0 Å². The SMILES string of the molecule is CCc1nc(-c2ccccc2C)[nH]c(=O)c1C. The normalized spacial score (nSPS) is 10.5. The number of nitrogens with one attached hydrogen (secondary N) is 1. The molecule has 0 radical (unpaired) electrons. The molecule has 2 rings (SSSR count). The predicted molar refractivity (Wildman–Crippen MR) is 69.1 cm³/mol. The third-order valence-electron chi connectivity index (χ3n) is 2.99. The van der Waals surface area contributed by atoms with E-state index in [0.29, 0.717) is 11.4 Å². The highest BCUT2D eigenvalue weighted by atomic mass is 16.1. The first-order valence-electron chi connectivity index (χ1n) is 5.79. The van der Waals surface area contributed by atoms with Gasteiger partial charge in [0.2, 0.25) is 0 Å². The number of hydrogen-bond donors (Lipinski definition) is 1. The lowest BCUT2D eigenvalue weighted by atomic mass is 10.1. The first kappa shape index (κ1) is 11.6. The molecular weight excluding hydrogens is 212 g/mol. The molecule has 0 atom stereocenters. The van der Waals surface area contributed by atoms with E-state index in [9.17, 15) is 4.79 Å². The Hall–Kier alpha value is -1.90. The molecule has 1 N–H and O–H groups in total. The highest BCUT2D eigenvalue weighted by molar-refractivity contribution is 5.59. The Morgan fingerprint density at radius 3 is 2.59 bits per heavy atom. The summed E-state index contributed by atoms with van der Waals surface area (Å²) in [7, 11) is 0. The smallest absolute Gasteiger partial charge is 0.254 e. The number of nitrogens with zero attached hydrogens (tertiary/aromatic N) is 1. The minimum absolute atomic E-state index is 0.0462. The molecule has 0 fully saturated rings. The van der Waals surface area contributed by atoms with Gasteiger partial charge in [0.05, 0.1) is 5.69 Å². The number of benzene rings is 1. The van der Waals surface area contributed by atoms with Crippen LogP contribution in [0.3, 0.4) is 0 Å². The van der Waals surface area contributed by atoms with Crippen LogP contribution < -0.4 is 5.56 Å². The van der Waals surface area contributed by atoms with Crippen molar-refractivity contribution in [3.63, 3.8) is 0 Å².